The normalized spacial score (nSPS) is 43.9. The molecule has 0 N–H and O–H groups in total. The van der Waals surface area contributed by atoms with Crippen molar-refractivity contribution in [2.24, 2.45) is 11.3 Å². The summed E-state index contributed by atoms with van der Waals surface area (Å²) in [6.45, 7) is 9.33. The first-order valence-corrected chi connectivity index (χ1v) is 4.98. The molecule has 0 aliphatic heterocycles. The maximum absolute atomic E-state index is 4.69. The van der Waals surface area contributed by atoms with Crippen LogP contribution in [0.3, 0.4) is 0 Å². The second kappa shape index (κ2) is 2.69. The summed E-state index contributed by atoms with van der Waals surface area (Å²) in [6.07, 6.45) is 3.90. The monoisotopic (exact) mass is 172 g/mol. The van der Waals surface area contributed by atoms with E-state index in [1.54, 1.807) is 0 Å². The highest BCUT2D eigenvalue weighted by Crippen LogP contribution is 2.46. The van der Waals surface area contributed by atoms with Crippen LogP contribution in [0.2, 0.25) is 0 Å². The topological polar surface area (TPSA) is 0 Å². The molecule has 1 aliphatic carbocycles. The Balaban J connectivity index is 2.66. The van der Waals surface area contributed by atoms with Gasteiger partial charge in [0.1, 0.15) is 0 Å². The Labute approximate surface area is 76.2 Å². The van der Waals surface area contributed by atoms with E-state index in [0.29, 0.717) is 5.41 Å². The van der Waals surface area contributed by atoms with Gasteiger partial charge in [-0.2, -0.15) is 12.6 Å². The van der Waals surface area contributed by atoms with Crippen LogP contribution in [0, 0.1) is 11.3 Å². The Morgan fingerprint density at radius 3 is 2.09 bits per heavy atom. The third-order valence-electron chi connectivity index (χ3n) is 2.55. The molecular weight excluding hydrogens is 152 g/mol. The number of hydrogen-bond acceptors (Lipinski definition) is 1. The van der Waals surface area contributed by atoms with Crippen molar-refractivity contribution < 1.29 is 0 Å². The fraction of sp³-hybridized carbons (Fsp3) is 1.00. The molecule has 1 aliphatic rings. The van der Waals surface area contributed by atoms with Gasteiger partial charge in [-0.3, -0.25) is 0 Å². The summed E-state index contributed by atoms with van der Waals surface area (Å²) in [7, 11) is 0. The summed E-state index contributed by atoms with van der Waals surface area (Å²) >= 11 is 4.69. The lowest BCUT2D eigenvalue weighted by Crippen LogP contribution is -2.35. The summed E-state index contributed by atoms with van der Waals surface area (Å²) in [5, 5.41) is 0. The fourth-order valence-corrected chi connectivity index (χ4v) is 3.68. The number of rotatable bonds is 0. The minimum absolute atomic E-state index is 0.279. The van der Waals surface area contributed by atoms with E-state index >= 15 is 0 Å². The molecule has 0 spiro atoms. The maximum atomic E-state index is 4.69. The molecular formula is C10H20S. The van der Waals surface area contributed by atoms with Crippen LogP contribution in [-0.4, -0.2) is 4.75 Å². The fourth-order valence-electron chi connectivity index (χ4n) is 2.94. The van der Waals surface area contributed by atoms with Gasteiger partial charge >= 0.3 is 0 Å². The van der Waals surface area contributed by atoms with Gasteiger partial charge < -0.3 is 0 Å². The maximum Gasteiger partial charge on any atom is 0.0109 e. The van der Waals surface area contributed by atoms with E-state index in [1.807, 2.05) is 0 Å². The van der Waals surface area contributed by atoms with Crippen LogP contribution in [0.25, 0.3) is 0 Å². The highest BCUT2D eigenvalue weighted by Gasteiger charge is 2.37. The van der Waals surface area contributed by atoms with Crippen LogP contribution in [0.5, 0.6) is 0 Å². The zero-order valence-electron chi connectivity index (χ0n) is 8.15. The lowest BCUT2D eigenvalue weighted by molar-refractivity contribution is 0.162. The third kappa shape index (κ3) is 2.70. The van der Waals surface area contributed by atoms with Crippen molar-refractivity contribution in [2.75, 3.05) is 0 Å². The molecule has 1 fully saturated rings. The smallest absolute Gasteiger partial charge is 0.0109 e. The Morgan fingerprint density at radius 2 is 1.73 bits per heavy atom. The van der Waals surface area contributed by atoms with Crippen LogP contribution in [0.4, 0.5) is 0 Å². The predicted molar refractivity (Wildman–Crippen MR) is 54.2 cm³/mol. The van der Waals surface area contributed by atoms with Crippen molar-refractivity contribution in [1.82, 2.24) is 0 Å². The summed E-state index contributed by atoms with van der Waals surface area (Å²) in [4.78, 5) is 0. The van der Waals surface area contributed by atoms with E-state index in [4.69, 9.17) is 12.6 Å². The van der Waals surface area contributed by atoms with E-state index in [1.165, 1.54) is 19.3 Å². The minimum Gasteiger partial charge on any atom is -0.173 e. The van der Waals surface area contributed by atoms with Gasteiger partial charge in [0.15, 0.2) is 0 Å². The molecule has 2 atom stereocenters. The first-order valence-electron chi connectivity index (χ1n) is 4.53. The molecule has 0 amide bonds. The Hall–Kier alpha value is 0.350. The lowest BCUT2D eigenvalue weighted by Gasteiger charge is -2.43. The molecule has 66 valence electrons. The summed E-state index contributed by atoms with van der Waals surface area (Å²) in [5.74, 6) is 0.848. The molecule has 0 bridgehead atoms. The van der Waals surface area contributed by atoms with Gasteiger partial charge in [0.2, 0.25) is 0 Å². The van der Waals surface area contributed by atoms with Gasteiger partial charge in [0.05, 0.1) is 0 Å². The molecule has 1 saturated carbocycles. The first-order chi connectivity index (χ1) is 4.81. The van der Waals surface area contributed by atoms with Crippen LogP contribution in [0.1, 0.15) is 47.0 Å². The average molecular weight is 172 g/mol. The van der Waals surface area contributed by atoms with Gasteiger partial charge in [-0.05, 0) is 30.6 Å². The molecule has 0 saturated heterocycles. The molecule has 0 aromatic rings. The van der Waals surface area contributed by atoms with Crippen molar-refractivity contribution in [2.45, 2.75) is 51.7 Å². The molecule has 1 rings (SSSR count). The molecule has 2 unspecified atom stereocenters. The first kappa shape index (κ1) is 9.44. The van der Waals surface area contributed by atoms with E-state index in [-0.39, 0.29) is 4.75 Å². The zero-order chi connectivity index (χ0) is 8.70. The van der Waals surface area contributed by atoms with Crippen LogP contribution in [0.15, 0.2) is 0 Å². The SMILES string of the molecule is CC1CC(C)(C)CC(C)(S)C1. The average Bonchev–Trinajstić information content (AvgIpc) is 1.49. The standard InChI is InChI=1S/C10H20S/c1-8-5-9(2,3)7-10(4,11)6-8/h8,11H,5-7H2,1-4H3. The highest BCUT2D eigenvalue weighted by molar-refractivity contribution is 7.81. The minimum atomic E-state index is 0.279. The van der Waals surface area contributed by atoms with E-state index in [0.717, 1.165) is 5.92 Å². The largest absolute Gasteiger partial charge is 0.173 e. The second-order valence-electron chi connectivity index (χ2n) is 5.35. The van der Waals surface area contributed by atoms with Gasteiger partial charge in [0, 0.05) is 4.75 Å². The molecule has 1 heteroatoms. The number of thiol groups is 1. The Morgan fingerprint density at radius 1 is 1.18 bits per heavy atom. The lowest BCUT2D eigenvalue weighted by atomic mass is 9.68. The summed E-state index contributed by atoms with van der Waals surface area (Å²) in [5.41, 5.74) is 0.508. The molecule has 0 aromatic heterocycles. The van der Waals surface area contributed by atoms with Gasteiger partial charge in [0.25, 0.3) is 0 Å². The van der Waals surface area contributed by atoms with Crippen molar-refractivity contribution in [3.63, 3.8) is 0 Å². The zero-order valence-corrected chi connectivity index (χ0v) is 9.04. The van der Waals surface area contributed by atoms with E-state index in [9.17, 15) is 0 Å². The van der Waals surface area contributed by atoms with Crippen molar-refractivity contribution in [3.8, 4) is 0 Å². The molecule has 0 nitrogen and oxygen atoms in total. The molecule has 0 aromatic carbocycles. The quantitative estimate of drug-likeness (QED) is 0.531. The molecule has 11 heavy (non-hydrogen) atoms. The predicted octanol–water partition coefficient (Wildman–Crippen LogP) is 3.52. The summed E-state index contributed by atoms with van der Waals surface area (Å²) in [6, 6.07) is 0. The van der Waals surface area contributed by atoms with Crippen molar-refractivity contribution in [1.29, 1.82) is 0 Å². The van der Waals surface area contributed by atoms with Crippen molar-refractivity contribution >= 4 is 12.6 Å². The summed E-state index contributed by atoms with van der Waals surface area (Å²) < 4.78 is 0.279. The molecule has 0 heterocycles. The Kier molecular flexibility index (Phi) is 2.31. The van der Waals surface area contributed by atoms with Crippen LogP contribution < -0.4 is 0 Å². The van der Waals surface area contributed by atoms with Gasteiger partial charge in [-0.15, -0.1) is 0 Å². The van der Waals surface area contributed by atoms with E-state index in [2.05, 4.69) is 27.7 Å². The van der Waals surface area contributed by atoms with Crippen LogP contribution >= 0.6 is 12.6 Å². The van der Waals surface area contributed by atoms with Crippen LogP contribution in [-0.2, 0) is 0 Å². The number of hydrogen-bond donors (Lipinski definition) is 1. The second-order valence-corrected chi connectivity index (χ2v) is 6.43. The van der Waals surface area contributed by atoms with Gasteiger partial charge in [-0.1, -0.05) is 27.7 Å². The van der Waals surface area contributed by atoms with Gasteiger partial charge in [-0.25, -0.2) is 0 Å². The third-order valence-corrected chi connectivity index (χ3v) is 2.89. The highest BCUT2D eigenvalue weighted by atomic mass is 32.1. The van der Waals surface area contributed by atoms with Crippen molar-refractivity contribution in [3.05, 3.63) is 0 Å². The van der Waals surface area contributed by atoms with E-state index < -0.39 is 0 Å². The Bertz CT molecular complexity index is 131. The molecule has 0 radical (unpaired) electrons.